The van der Waals surface area contributed by atoms with Gasteiger partial charge in [-0.15, -0.1) is 5.11 Å². The maximum atomic E-state index is 5.72. The summed E-state index contributed by atoms with van der Waals surface area (Å²) >= 11 is 0. The fraction of sp³-hybridized carbons (Fsp3) is 0.0909. The van der Waals surface area contributed by atoms with Crippen LogP contribution in [0.15, 0.2) is 46.9 Å². The van der Waals surface area contributed by atoms with Crippen molar-refractivity contribution in [2.24, 2.45) is 10.2 Å². The topological polar surface area (TPSA) is 88.5 Å². The third-order valence-corrected chi connectivity index (χ3v) is 2.11. The average Bonchev–Trinajstić information content (AvgIpc) is 2.38. The van der Waals surface area contributed by atoms with E-state index in [0.29, 0.717) is 17.3 Å². The number of azo groups is 1. The first kappa shape index (κ1) is 11.0. The molecule has 0 amide bonds. The standard InChI is InChI=1S/C11H12N6/c1-13-11-9(10(12)14-7-15-11)17-16-8-5-3-2-4-6-8/h2-7H,1H3,(H3,12,13,14,15)/b17-16+. The largest absolute Gasteiger partial charge is 0.382 e. The van der Waals surface area contributed by atoms with Gasteiger partial charge in [-0.3, -0.25) is 0 Å². The van der Waals surface area contributed by atoms with Gasteiger partial charge in [0.15, 0.2) is 17.3 Å². The van der Waals surface area contributed by atoms with Crippen molar-refractivity contribution in [3.05, 3.63) is 36.7 Å². The molecule has 1 heterocycles. The molecule has 2 aromatic rings. The Bertz CT molecular complexity index is 523. The maximum Gasteiger partial charge on any atom is 0.170 e. The summed E-state index contributed by atoms with van der Waals surface area (Å²) in [6, 6.07) is 9.39. The van der Waals surface area contributed by atoms with Gasteiger partial charge in [0.25, 0.3) is 0 Å². The van der Waals surface area contributed by atoms with E-state index in [0.717, 1.165) is 5.69 Å². The molecule has 0 aliphatic carbocycles. The summed E-state index contributed by atoms with van der Waals surface area (Å²) in [7, 11) is 1.74. The van der Waals surface area contributed by atoms with E-state index in [1.54, 1.807) is 7.05 Å². The molecule has 0 fully saturated rings. The lowest BCUT2D eigenvalue weighted by atomic mass is 10.3. The third kappa shape index (κ3) is 2.54. The van der Waals surface area contributed by atoms with Crippen LogP contribution in [0.4, 0.5) is 23.0 Å². The van der Waals surface area contributed by atoms with Crippen LogP contribution in [0.3, 0.4) is 0 Å². The van der Waals surface area contributed by atoms with Crippen molar-refractivity contribution >= 4 is 23.0 Å². The summed E-state index contributed by atoms with van der Waals surface area (Å²) in [4.78, 5) is 7.89. The van der Waals surface area contributed by atoms with Crippen LogP contribution >= 0.6 is 0 Å². The normalized spacial score (nSPS) is 10.6. The molecular formula is C11H12N6. The van der Waals surface area contributed by atoms with E-state index >= 15 is 0 Å². The van der Waals surface area contributed by atoms with Gasteiger partial charge in [-0.05, 0) is 12.1 Å². The van der Waals surface area contributed by atoms with Gasteiger partial charge in [0.2, 0.25) is 0 Å². The molecule has 1 aromatic heterocycles. The molecular weight excluding hydrogens is 216 g/mol. The smallest absolute Gasteiger partial charge is 0.170 e. The number of hydrogen-bond donors (Lipinski definition) is 2. The van der Waals surface area contributed by atoms with Crippen molar-refractivity contribution in [1.82, 2.24) is 9.97 Å². The number of nitrogens with one attached hydrogen (secondary N) is 1. The number of aromatic nitrogens is 2. The second-order valence-electron chi connectivity index (χ2n) is 3.24. The molecule has 0 aliphatic rings. The van der Waals surface area contributed by atoms with E-state index in [2.05, 4.69) is 25.5 Å². The molecule has 0 aliphatic heterocycles. The van der Waals surface area contributed by atoms with Crippen LogP contribution in [-0.4, -0.2) is 17.0 Å². The first-order valence-electron chi connectivity index (χ1n) is 5.06. The molecule has 0 spiro atoms. The highest BCUT2D eigenvalue weighted by molar-refractivity contribution is 5.71. The van der Waals surface area contributed by atoms with E-state index in [-0.39, 0.29) is 0 Å². The summed E-state index contributed by atoms with van der Waals surface area (Å²) in [5.41, 5.74) is 6.91. The minimum Gasteiger partial charge on any atom is -0.382 e. The van der Waals surface area contributed by atoms with Gasteiger partial charge in [-0.1, -0.05) is 18.2 Å². The quantitative estimate of drug-likeness (QED) is 0.790. The Hall–Kier alpha value is -2.50. The van der Waals surface area contributed by atoms with E-state index in [4.69, 9.17) is 5.73 Å². The van der Waals surface area contributed by atoms with Crippen LogP contribution in [0.25, 0.3) is 0 Å². The number of rotatable bonds is 3. The van der Waals surface area contributed by atoms with Gasteiger partial charge < -0.3 is 11.1 Å². The van der Waals surface area contributed by atoms with E-state index in [1.165, 1.54) is 6.33 Å². The summed E-state index contributed by atoms with van der Waals surface area (Å²) in [6.07, 6.45) is 1.38. The number of nitrogens with zero attached hydrogens (tertiary/aromatic N) is 4. The molecule has 2 rings (SSSR count). The molecule has 0 unspecified atom stereocenters. The highest BCUT2D eigenvalue weighted by atomic mass is 15.2. The van der Waals surface area contributed by atoms with Crippen molar-refractivity contribution in [2.75, 3.05) is 18.1 Å². The lowest BCUT2D eigenvalue weighted by Crippen LogP contribution is -1.98. The molecule has 0 radical (unpaired) electrons. The van der Waals surface area contributed by atoms with Crippen LogP contribution in [0.1, 0.15) is 0 Å². The molecule has 0 bridgehead atoms. The second kappa shape index (κ2) is 5.02. The molecule has 3 N–H and O–H groups in total. The second-order valence-corrected chi connectivity index (χ2v) is 3.24. The molecule has 0 saturated heterocycles. The number of nitrogens with two attached hydrogens (primary N) is 1. The summed E-state index contributed by atoms with van der Waals surface area (Å²) in [6.45, 7) is 0. The highest BCUT2D eigenvalue weighted by Gasteiger charge is 2.06. The number of hydrogen-bond acceptors (Lipinski definition) is 6. The zero-order chi connectivity index (χ0) is 12.1. The lowest BCUT2D eigenvalue weighted by molar-refractivity contribution is 1.12. The molecule has 0 saturated carbocycles. The van der Waals surface area contributed by atoms with Crippen LogP contribution in [0.5, 0.6) is 0 Å². The Balaban J connectivity index is 2.33. The minimum atomic E-state index is 0.295. The molecule has 17 heavy (non-hydrogen) atoms. The molecule has 86 valence electrons. The summed E-state index contributed by atoms with van der Waals surface area (Å²) in [5.74, 6) is 0.848. The summed E-state index contributed by atoms with van der Waals surface area (Å²) < 4.78 is 0. The van der Waals surface area contributed by atoms with Gasteiger partial charge in [0, 0.05) is 7.05 Å². The lowest BCUT2D eigenvalue weighted by Gasteiger charge is -2.03. The number of anilines is 2. The van der Waals surface area contributed by atoms with Crippen molar-refractivity contribution in [3.63, 3.8) is 0 Å². The van der Waals surface area contributed by atoms with E-state index < -0.39 is 0 Å². The molecule has 6 heteroatoms. The monoisotopic (exact) mass is 228 g/mol. The number of nitrogen functional groups attached to an aromatic ring is 1. The summed E-state index contributed by atoms with van der Waals surface area (Å²) in [5, 5.41) is 11.0. The predicted molar refractivity (Wildman–Crippen MR) is 66.6 cm³/mol. The van der Waals surface area contributed by atoms with E-state index in [1.807, 2.05) is 30.3 Å². The average molecular weight is 228 g/mol. The fourth-order valence-electron chi connectivity index (χ4n) is 1.28. The Labute approximate surface area is 98.6 Å². The zero-order valence-corrected chi connectivity index (χ0v) is 9.33. The van der Waals surface area contributed by atoms with Crippen LogP contribution in [-0.2, 0) is 0 Å². The first-order chi connectivity index (χ1) is 8.31. The Morgan fingerprint density at radius 1 is 1.12 bits per heavy atom. The SMILES string of the molecule is CNc1ncnc(N)c1/N=N/c1ccccc1. The molecule has 6 nitrogen and oxygen atoms in total. The van der Waals surface area contributed by atoms with Crippen molar-refractivity contribution in [3.8, 4) is 0 Å². The first-order valence-corrected chi connectivity index (χ1v) is 5.06. The van der Waals surface area contributed by atoms with Crippen molar-refractivity contribution in [2.45, 2.75) is 0 Å². The number of benzene rings is 1. The van der Waals surface area contributed by atoms with Gasteiger partial charge in [-0.25, -0.2) is 9.97 Å². The van der Waals surface area contributed by atoms with Gasteiger partial charge in [0.1, 0.15) is 6.33 Å². The minimum absolute atomic E-state index is 0.295. The Morgan fingerprint density at radius 2 is 1.88 bits per heavy atom. The van der Waals surface area contributed by atoms with Crippen molar-refractivity contribution in [1.29, 1.82) is 0 Å². The van der Waals surface area contributed by atoms with Gasteiger partial charge in [-0.2, -0.15) is 5.11 Å². The van der Waals surface area contributed by atoms with Gasteiger partial charge >= 0.3 is 0 Å². The van der Waals surface area contributed by atoms with Crippen molar-refractivity contribution < 1.29 is 0 Å². The third-order valence-electron chi connectivity index (χ3n) is 2.11. The fourth-order valence-corrected chi connectivity index (χ4v) is 1.28. The zero-order valence-electron chi connectivity index (χ0n) is 9.33. The van der Waals surface area contributed by atoms with Crippen LogP contribution in [0.2, 0.25) is 0 Å². The Morgan fingerprint density at radius 3 is 2.59 bits per heavy atom. The maximum absolute atomic E-state index is 5.72. The van der Waals surface area contributed by atoms with Gasteiger partial charge in [0.05, 0.1) is 5.69 Å². The Kier molecular flexibility index (Phi) is 3.25. The molecule has 1 aromatic carbocycles. The van der Waals surface area contributed by atoms with Crippen LogP contribution < -0.4 is 11.1 Å². The van der Waals surface area contributed by atoms with E-state index in [9.17, 15) is 0 Å². The predicted octanol–water partition coefficient (Wildman–Crippen LogP) is 2.52. The highest BCUT2D eigenvalue weighted by Crippen LogP contribution is 2.28. The van der Waals surface area contributed by atoms with Crippen LogP contribution in [0, 0.1) is 0 Å². The molecule has 0 atom stereocenters.